The van der Waals surface area contributed by atoms with Crippen LogP contribution >= 0.6 is 0 Å². The molecule has 0 fully saturated rings. The summed E-state index contributed by atoms with van der Waals surface area (Å²) in [6.45, 7) is -0.0726. The number of hydrogen-bond donors (Lipinski definition) is 0. The van der Waals surface area contributed by atoms with Crippen LogP contribution < -0.4 is 19.8 Å². The molecule has 0 spiro atoms. The van der Waals surface area contributed by atoms with Crippen LogP contribution in [0.1, 0.15) is 0 Å². The van der Waals surface area contributed by atoms with E-state index in [1.165, 1.54) is 7.11 Å². The molecule has 126 valence electrons. The summed E-state index contributed by atoms with van der Waals surface area (Å²) in [7, 11) is 3.09. The van der Waals surface area contributed by atoms with E-state index < -0.39 is 5.63 Å². The number of fused-ring (bicyclic) bond motifs is 1. The van der Waals surface area contributed by atoms with E-state index in [9.17, 15) is 4.79 Å². The van der Waals surface area contributed by atoms with Crippen molar-refractivity contribution in [3.63, 3.8) is 0 Å². The highest BCUT2D eigenvalue weighted by atomic mass is 16.5. The van der Waals surface area contributed by atoms with Crippen molar-refractivity contribution < 1.29 is 18.6 Å². The molecule has 0 unspecified atom stereocenters. The molecule has 0 radical (unpaired) electrons. The molecule has 0 atom stereocenters. The van der Waals surface area contributed by atoms with Crippen LogP contribution in [0.3, 0.4) is 0 Å². The van der Waals surface area contributed by atoms with Gasteiger partial charge in [0.05, 0.1) is 19.8 Å². The predicted molar refractivity (Wildman–Crippen MR) is 92.1 cm³/mol. The largest absolute Gasteiger partial charge is 0.497 e. The van der Waals surface area contributed by atoms with Crippen molar-refractivity contribution in [2.45, 2.75) is 0 Å². The van der Waals surface area contributed by atoms with Crippen molar-refractivity contribution in [1.29, 1.82) is 5.26 Å². The minimum atomic E-state index is -0.492. The van der Waals surface area contributed by atoms with E-state index in [4.69, 9.17) is 23.9 Å². The summed E-state index contributed by atoms with van der Waals surface area (Å²) in [4.78, 5) is 12.4. The lowest BCUT2D eigenvalue weighted by molar-refractivity contribution is 0.368. The van der Waals surface area contributed by atoms with Crippen molar-refractivity contribution in [2.24, 2.45) is 0 Å². The lowest BCUT2D eigenvalue weighted by Crippen LogP contribution is -2.04. The molecular formula is C19H15NO5. The summed E-state index contributed by atoms with van der Waals surface area (Å²) < 4.78 is 21.2. The minimum Gasteiger partial charge on any atom is -0.497 e. The Kier molecular flexibility index (Phi) is 4.57. The lowest BCUT2D eigenvalue weighted by Gasteiger charge is -2.10. The molecule has 3 rings (SSSR count). The van der Waals surface area contributed by atoms with Gasteiger partial charge in [0.25, 0.3) is 0 Å². The summed E-state index contributed by atoms with van der Waals surface area (Å²) >= 11 is 0. The summed E-state index contributed by atoms with van der Waals surface area (Å²) in [5.41, 5.74) is 0.895. The maximum Gasteiger partial charge on any atom is 0.344 e. The maximum atomic E-state index is 12.4. The topological polar surface area (TPSA) is 81.7 Å². The zero-order valence-corrected chi connectivity index (χ0v) is 13.7. The van der Waals surface area contributed by atoms with Crippen LogP contribution in [0.5, 0.6) is 17.2 Å². The van der Waals surface area contributed by atoms with Gasteiger partial charge in [-0.1, -0.05) is 0 Å². The zero-order chi connectivity index (χ0) is 17.8. The lowest BCUT2D eigenvalue weighted by atomic mass is 10.0. The van der Waals surface area contributed by atoms with E-state index in [0.717, 1.165) is 5.39 Å². The monoisotopic (exact) mass is 337 g/mol. The molecule has 0 aliphatic heterocycles. The van der Waals surface area contributed by atoms with E-state index in [1.807, 2.05) is 6.07 Å². The van der Waals surface area contributed by atoms with Crippen molar-refractivity contribution in [2.75, 3.05) is 20.8 Å². The molecule has 0 bridgehead atoms. The average molecular weight is 337 g/mol. The highest BCUT2D eigenvalue weighted by molar-refractivity contribution is 5.84. The Bertz CT molecular complexity index is 1020. The highest BCUT2D eigenvalue weighted by Crippen LogP contribution is 2.33. The molecular weight excluding hydrogens is 322 g/mol. The second kappa shape index (κ2) is 6.97. The third-order valence-corrected chi connectivity index (χ3v) is 3.71. The average Bonchev–Trinajstić information content (AvgIpc) is 2.65. The maximum absolute atomic E-state index is 12.4. The first-order valence-corrected chi connectivity index (χ1v) is 7.46. The third kappa shape index (κ3) is 3.26. The predicted octanol–water partition coefficient (Wildman–Crippen LogP) is 3.38. The molecule has 0 amide bonds. The molecule has 0 N–H and O–H groups in total. The van der Waals surface area contributed by atoms with Crippen LogP contribution in [0.25, 0.3) is 22.1 Å². The van der Waals surface area contributed by atoms with Gasteiger partial charge in [-0.3, -0.25) is 0 Å². The Morgan fingerprint density at radius 3 is 2.52 bits per heavy atom. The van der Waals surface area contributed by atoms with Crippen molar-refractivity contribution in [3.8, 4) is 34.4 Å². The van der Waals surface area contributed by atoms with Crippen LogP contribution in [-0.2, 0) is 0 Å². The number of benzene rings is 2. The molecule has 0 saturated carbocycles. The summed E-state index contributed by atoms with van der Waals surface area (Å²) in [6.07, 6.45) is 0. The molecule has 1 heterocycles. The smallest absolute Gasteiger partial charge is 0.344 e. The molecule has 25 heavy (non-hydrogen) atoms. The quantitative estimate of drug-likeness (QED) is 0.664. The number of nitrogens with zero attached hydrogens (tertiary/aromatic N) is 1. The molecule has 6 nitrogen and oxygen atoms in total. The Hall–Kier alpha value is -3.46. The van der Waals surface area contributed by atoms with E-state index >= 15 is 0 Å². The molecule has 6 heteroatoms. The molecule has 0 saturated heterocycles. The molecule has 3 aromatic rings. The van der Waals surface area contributed by atoms with Gasteiger partial charge in [-0.15, -0.1) is 0 Å². The number of rotatable bonds is 5. The standard InChI is InChI=1S/C19H15NO5/c1-22-13-5-6-15(18(10-13)23-2)16-9-12-3-4-14(24-8-7-20)11-17(12)25-19(16)21/h3-6,9-11H,8H2,1-2H3. The van der Waals surface area contributed by atoms with Gasteiger partial charge < -0.3 is 18.6 Å². The highest BCUT2D eigenvalue weighted by Gasteiger charge is 2.14. The normalized spacial score (nSPS) is 10.3. The molecule has 2 aromatic carbocycles. The zero-order valence-electron chi connectivity index (χ0n) is 13.7. The SMILES string of the molecule is COc1ccc(-c2cc3ccc(OCC#N)cc3oc2=O)c(OC)c1. The number of hydrogen-bond acceptors (Lipinski definition) is 6. The summed E-state index contributed by atoms with van der Waals surface area (Å²) in [5, 5.41) is 9.30. The second-order valence-electron chi connectivity index (χ2n) is 5.16. The van der Waals surface area contributed by atoms with Gasteiger partial charge in [-0.25, -0.2) is 4.79 Å². The first kappa shape index (κ1) is 16.4. The fraction of sp³-hybridized carbons (Fsp3) is 0.158. The van der Waals surface area contributed by atoms with Gasteiger partial charge in [0.2, 0.25) is 0 Å². The van der Waals surface area contributed by atoms with Gasteiger partial charge in [-0.2, -0.15) is 5.26 Å². The van der Waals surface area contributed by atoms with Crippen LogP contribution in [0.4, 0.5) is 0 Å². The van der Waals surface area contributed by atoms with E-state index in [2.05, 4.69) is 0 Å². The Morgan fingerprint density at radius 1 is 1.00 bits per heavy atom. The van der Waals surface area contributed by atoms with Crippen molar-refractivity contribution in [3.05, 3.63) is 52.9 Å². The van der Waals surface area contributed by atoms with Crippen LogP contribution in [-0.4, -0.2) is 20.8 Å². The van der Waals surface area contributed by atoms with Gasteiger partial charge in [0, 0.05) is 23.1 Å². The number of nitriles is 1. The van der Waals surface area contributed by atoms with Crippen LogP contribution in [0.2, 0.25) is 0 Å². The first-order chi connectivity index (χ1) is 12.2. The Labute approximate surface area is 143 Å². The fourth-order valence-corrected chi connectivity index (χ4v) is 2.51. The van der Waals surface area contributed by atoms with E-state index in [1.54, 1.807) is 49.6 Å². The van der Waals surface area contributed by atoms with E-state index in [-0.39, 0.29) is 6.61 Å². The van der Waals surface area contributed by atoms with E-state index in [0.29, 0.717) is 34.0 Å². The summed E-state index contributed by atoms with van der Waals surface area (Å²) in [5.74, 6) is 1.61. The number of methoxy groups -OCH3 is 2. The van der Waals surface area contributed by atoms with Crippen molar-refractivity contribution >= 4 is 11.0 Å². The third-order valence-electron chi connectivity index (χ3n) is 3.71. The summed E-state index contributed by atoms with van der Waals surface area (Å²) in [6, 6.07) is 13.9. The van der Waals surface area contributed by atoms with Gasteiger partial charge >= 0.3 is 5.63 Å². The van der Waals surface area contributed by atoms with Crippen LogP contribution in [0.15, 0.2) is 51.7 Å². The van der Waals surface area contributed by atoms with Gasteiger partial charge in [0.15, 0.2) is 6.61 Å². The molecule has 0 aliphatic rings. The first-order valence-electron chi connectivity index (χ1n) is 7.46. The van der Waals surface area contributed by atoms with Crippen LogP contribution in [0, 0.1) is 11.3 Å². The van der Waals surface area contributed by atoms with Gasteiger partial charge in [-0.05, 0) is 30.3 Å². The molecule has 1 aromatic heterocycles. The fourth-order valence-electron chi connectivity index (χ4n) is 2.51. The second-order valence-corrected chi connectivity index (χ2v) is 5.16. The Balaban J connectivity index is 2.10. The number of ether oxygens (including phenoxy) is 3. The molecule has 0 aliphatic carbocycles. The van der Waals surface area contributed by atoms with Crippen molar-refractivity contribution in [1.82, 2.24) is 0 Å². The Morgan fingerprint density at radius 2 is 1.80 bits per heavy atom. The minimum absolute atomic E-state index is 0.0726. The van der Waals surface area contributed by atoms with Gasteiger partial charge in [0.1, 0.15) is 28.9 Å².